The number of piperidine rings is 3. The van der Waals surface area contributed by atoms with Crippen molar-refractivity contribution in [2.75, 3.05) is 19.6 Å². The van der Waals surface area contributed by atoms with Gasteiger partial charge in [0.1, 0.15) is 0 Å². The van der Waals surface area contributed by atoms with Crippen LogP contribution in [-0.2, 0) is 4.79 Å². The lowest BCUT2D eigenvalue weighted by atomic mass is 9.75. The molecule has 3 aliphatic rings. The SMILES string of the molecule is NC(CC(=O)O)c1ccc(C2CN3CCC2CC3)cc1. The number of carbonyl (C=O) groups is 1. The minimum absolute atomic E-state index is 0.0147. The Hall–Kier alpha value is -1.39. The minimum atomic E-state index is -0.848. The zero-order valence-corrected chi connectivity index (χ0v) is 11.7. The van der Waals surface area contributed by atoms with E-state index in [0.717, 1.165) is 11.5 Å². The van der Waals surface area contributed by atoms with E-state index in [0.29, 0.717) is 5.92 Å². The lowest BCUT2D eigenvalue weighted by Gasteiger charge is -2.45. The topological polar surface area (TPSA) is 66.6 Å². The van der Waals surface area contributed by atoms with Gasteiger partial charge >= 0.3 is 5.97 Å². The fraction of sp³-hybridized carbons (Fsp3) is 0.562. The third-order valence-electron chi connectivity index (χ3n) is 4.84. The lowest BCUT2D eigenvalue weighted by Crippen LogP contribution is -2.46. The molecule has 108 valence electrons. The fourth-order valence-corrected chi connectivity index (χ4v) is 3.64. The molecule has 1 aromatic rings. The van der Waals surface area contributed by atoms with Crippen molar-refractivity contribution in [1.29, 1.82) is 0 Å². The van der Waals surface area contributed by atoms with E-state index < -0.39 is 12.0 Å². The molecule has 2 atom stereocenters. The summed E-state index contributed by atoms with van der Waals surface area (Å²) in [5.41, 5.74) is 8.19. The van der Waals surface area contributed by atoms with Crippen LogP contribution in [0.3, 0.4) is 0 Å². The van der Waals surface area contributed by atoms with Crippen LogP contribution in [0.2, 0.25) is 0 Å². The van der Waals surface area contributed by atoms with Gasteiger partial charge in [0.2, 0.25) is 0 Å². The Morgan fingerprint density at radius 3 is 2.45 bits per heavy atom. The number of benzene rings is 1. The quantitative estimate of drug-likeness (QED) is 0.881. The van der Waals surface area contributed by atoms with Crippen molar-refractivity contribution in [1.82, 2.24) is 4.90 Å². The highest BCUT2D eigenvalue weighted by Gasteiger charge is 2.34. The predicted octanol–water partition coefficient (Wildman–Crippen LogP) is 1.97. The smallest absolute Gasteiger partial charge is 0.305 e. The Bertz CT molecular complexity index is 478. The van der Waals surface area contributed by atoms with Crippen molar-refractivity contribution in [2.45, 2.75) is 31.2 Å². The molecule has 4 rings (SSSR count). The molecule has 2 bridgehead atoms. The summed E-state index contributed by atoms with van der Waals surface area (Å²) >= 11 is 0. The van der Waals surface area contributed by atoms with E-state index in [2.05, 4.69) is 17.0 Å². The molecule has 4 heteroatoms. The summed E-state index contributed by atoms with van der Waals surface area (Å²) in [6.07, 6.45) is 2.61. The number of fused-ring (bicyclic) bond motifs is 3. The van der Waals surface area contributed by atoms with Crippen molar-refractivity contribution in [3.8, 4) is 0 Å². The third kappa shape index (κ3) is 2.72. The molecule has 0 aliphatic carbocycles. The van der Waals surface area contributed by atoms with E-state index >= 15 is 0 Å². The fourth-order valence-electron chi connectivity index (χ4n) is 3.64. The van der Waals surface area contributed by atoms with E-state index in [1.165, 1.54) is 38.0 Å². The summed E-state index contributed by atoms with van der Waals surface area (Å²) in [6.45, 7) is 3.68. The van der Waals surface area contributed by atoms with Gasteiger partial charge in [-0.25, -0.2) is 0 Å². The van der Waals surface area contributed by atoms with Gasteiger partial charge in [-0.1, -0.05) is 24.3 Å². The Morgan fingerprint density at radius 1 is 1.30 bits per heavy atom. The Morgan fingerprint density at radius 2 is 1.95 bits per heavy atom. The molecular formula is C16H22N2O2. The molecule has 0 radical (unpaired) electrons. The molecule has 3 N–H and O–H groups in total. The van der Waals surface area contributed by atoms with E-state index in [9.17, 15) is 4.79 Å². The van der Waals surface area contributed by atoms with Crippen LogP contribution in [0.25, 0.3) is 0 Å². The normalized spacial score (nSPS) is 30.1. The zero-order chi connectivity index (χ0) is 14.1. The molecular weight excluding hydrogens is 252 g/mol. The van der Waals surface area contributed by atoms with Crippen molar-refractivity contribution in [3.05, 3.63) is 35.4 Å². The maximum absolute atomic E-state index is 10.7. The molecule has 3 saturated heterocycles. The second-order valence-corrected chi connectivity index (χ2v) is 6.12. The summed E-state index contributed by atoms with van der Waals surface area (Å²) in [5, 5.41) is 8.79. The highest BCUT2D eigenvalue weighted by atomic mass is 16.4. The maximum atomic E-state index is 10.7. The Kier molecular flexibility index (Phi) is 3.76. The molecule has 20 heavy (non-hydrogen) atoms. The predicted molar refractivity (Wildman–Crippen MR) is 77.5 cm³/mol. The van der Waals surface area contributed by atoms with E-state index in [1.807, 2.05) is 12.1 Å². The van der Waals surface area contributed by atoms with Gasteiger partial charge in [0.15, 0.2) is 0 Å². The van der Waals surface area contributed by atoms with Crippen LogP contribution in [0.1, 0.15) is 42.3 Å². The standard InChI is InChI=1S/C16H22N2O2/c17-15(9-16(19)20)13-3-1-11(2-4-13)14-10-18-7-5-12(14)6-8-18/h1-4,12,14-15H,5-10,17H2,(H,19,20). The van der Waals surface area contributed by atoms with Gasteiger partial charge in [-0.15, -0.1) is 0 Å². The van der Waals surface area contributed by atoms with Crippen LogP contribution in [0, 0.1) is 5.92 Å². The first-order valence-electron chi connectivity index (χ1n) is 7.43. The number of hydrogen-bond donors (Lipinski definition) is 2. The molecule has 4 nitrogen and oxygen atoms in total. The zero-order valence-electron chi connectivity index (χ0n) is 11.7. The summed E-state index contributed by atoms with van der Waals surface area (Å²) in [4.78, 5) is 13.2. The van der Waals surface area contributed by atoms with Gasteiger partial charge in [0.05, 0.1) is 6.42 Å². The van der Waals surface area contributed by atoms with Crippen LogP contribution >= 0.6 is 0 Å². The van der Waals surface area contributed by atoms with Gasteiger partial charge in [-0.05, 0) is 48.9 Å². The summed E-state index contributed by atoms with van der Waals surface area (Å²) < 4.78 is 0. The molecule has 3 fully saturated rings. The molecule has 0 spiro atoms. The summed E-state index contributed by atoms with van der Waals surface area (Å²) in [7, 11) is 0. The van der Waals surface area contributed by atoms with Crippen LogP contribution in [0.15, 0.2) is 24.3 Å². The molecule has 3 heterocycles. The summed E-state index contributed by atoms with van der Waals surface area (Å²) in [6, 6.07) is 7.88. The van der Waals surface area contributed by atoms with Gasteiger partial charge in [0.25, 0.3) is 0 Å². The summed E-state index contributed by atoms with van der Waals surface area (Å²) in [5.74, 6) is 0.611. The molecule has 0 aromatic heterocycles. The second-order valence-electron chi connectivity index (χ2n) is 6.12. The minimum Gasteiger partial charge on any atom is -0.481 e. The van der Waals surface area contributed by atoms with Crippen LogP contribution < -0.4 is 5.73 Å². The highest BCUT2D eigenvalue weighted by molar-refractivity contribution is 5.67. The number of carboxylic acids is 1. The first kappa shape index (κ1) is 13.6. The number of rotatable bonds is 4. The molecule has 0 amide bonds. The monoisotopic (exact) mass is 274 g/mol. The van der Waals surface area contributed by atoms with Crippen molar-refractivity contribution in [3.63, 3.8) is 0 Å². The van der Waals surface area contributed by atoms with Gasteiger partial charge in [0, 0.05) is 12.6 Å². The number of aliphatic carboxylic acids is 1. The highest BCUT2D eigenvalue weighted by Crippen LogP contribution is 2.39. The Balaban J connectivity index is 1.71. The van der Waals surface area contributed by atoms with E-state index in [4.69, 9.17) is 10.8 Å². The largest absolute Gasteiger partial charge is 0.481 e. The molecule has 1 aromatic carbocycles. The lowest BCUT2D eigenvalue weighted by molar-refractivity contribution is -0.137. The van der Waals surface area contributed by atoms with Gasteiger partial charge in [-0.3, -0.25) is 4.79 Å². The van der Waals surface area contributed by atoms with Crippen LogP contribution in [0.5, 0.6) is 0 Å². The first-order chi connectivity index (χ1) is 9.63. The first-order valence-corrected chi connectivity index (χ1v) is 7.43. The average molecular weight is 274 g/mol. The van der Waals surface area contributed by atoms with Crippen LogP contribution in [0.4, 0.5) is 0 Å². The second kappa shape index (κ2) is 5.54. The van der Waals surface area contributed by atoms with Gasteiger partial charge in [-0.2, -0.15) is 0 Å². The van der Waals surface area contributed by atoms with E-state index in [1.54, 1.807) is 0 Å². The van der Waals surface area contributed by atoms with Crippen molar-refractivity contribution >= 4 is 5.97 Å². The number of nitrogens with two attached hydrogens (primary N) is 1. The van der Waals surface area contributed by atoms with Gasteiger partial charge < -0.3 is 15.7 Å². The number of carboxylic acid groups (broad SMARTS) is 1. The molecule has 2 unspecified atom stereocenters. The van der Waals surface area contributed by atoms with Crippen molar-refractivity contribution in [2.24, 2.45) is 11.7 Å². The van der Waals surface area contributed by atoms with E-state index in [-0.39, 0.29) is 6.42 Å². The van der Waals surface area contributed by atoms with Crippen molar-refractivity contribution < 1.29 is 9.90 Å². The number of hydrogen-bond acceptors (Lipinski definition) is 3. The third-order valence-corrected chi connectivity index (χ3v) is 4.84. The number of nitrogens with zero attached hydrogens (tertiary/aromatic N) is 1. The van der Waals surface area contributed by atoms with Crippen LogP contribution in [-0.4, -0.2) is 35.6 Å². The Labute approximate surface area is 119 Å². The molecule has 0 saturated carbocycles. The average Bonchev–Trinajstić information content (AvgIpc) is 2.48. The maximum Gasteiger partial charge on any atom is 0.305 e. The molecule has 3 aliphatic heterocycles.